The molecule has 0 N–H and O–H groups in total. The third kappa shape index (κ3) is 1.53. The van der Waals surface area contributed by atoms with Gasteiger partial charge in [-0.3, -0.25) is 4.79 Å². The number of amides is 1. The zero-order valence-corrected chi connectivity index (χ0v) is 11.2. The van der Waals surface area contributed by atoms with Crippen LogP contribution in [0.2, 0.25) is 0 Å². The number of carbonyl (C=O) groups is 1. The number of benzene rings is 2. The molecule has 1 atom stereocenters. The lowest BCUT2D eigenvalue weighted by Crippen LogP contribution is -2.17. The first-order valence-electron chi connectivity index (χ1n) is 6.81. The first kappa shape index (κ1) is 11.4. The standard InChI is InChI=1S/C17H14N2O/c1-11-6-8-12(9-7-11)15-10-16-13-4-2-3-5-14(13)17(20)19(16)18-15/h2-9,16H,10H2,1H3/t16-/m0/s1. The molecule has 0 fully saturated rings. The minimum absolute atomic E-state index is 0.0210. The number of aryl methyl sites for hydroxylation is 1. The molecule has 4 rings (SSSR count). The van der Waals surface area contributed by atoms with Gasteiger partial charge in [0.05, 0.1) is 11.8 Å². The number of hydrogen-bond donors (Lipinski definition) is 0. The van der Waals surface area contributed by atoms with Crippen molar-refractivity contribution >= 4 is 11.6 Å². The van der Waals surface area contributed by atoms with Crippen LogP contribution in [-0.4, -0.2) is 16.6 Å². The van der Waals surface area contributed by atoms with Gasteiger partial charge in [-0.15, -0.1) is 0 Å². The van der Waals surface area contributed by atoms with E-state index in [1.54, 1.807) is 5.01 Å². The Morgan fingerprint density at radius 1 is 1.10 bits per heavy atom. The third-order valence-electron chi connectivity index (χ3n) is 4.05. The highest BCUT2D eigenvalue weighted by Crippen LogP contribution is 2.40. The lowest BCUT2D eigenvalue weighted by molar-refractivity contribution is 0.0756. The van der Waals surface area contributed by atoms with Crippen LogP contribution < -0.4 is 0 Å². The largest absolute Gasteiger partial charge is 0.274 e. The summed E-state index contributed by atoms with van der Waals surface area (Å²) < 4.78 is 0. The summed E-state index contributed by atoms with van der Waals surface area (Å²) in [6.45, 7) is 2.07. The molecule has 2 aromatic rings. The van der Waals surface area contributed by atoms with Crippen molar-refractivity contribution in [1.29, 1.82) is 0 Å². The number of carbonyl (C=O) groups excluding carboxylic acids is 1. The first-order valence-corrected chi connectivity index (χ1v) is 6.81. The van der Waals surface area contributed by atoms with Gasteiger partial charge in [0, 0.05) is 12.0 Å². The average Bonchev–Trinajstić information content (AvgIpc) is 3.01. The highest BCUT2D eigenvalue weighted by atomic mass is 16.2. The second-order valence-electron chi connectivity index (χ2n) is 5.37. The molecule has 0 saturated heterocycles. The molecule has 0 unspecified atom stereocenters. The zero-order chi connectivity index (χ0) is 13.7. The monoisotopic (exact) mass is 262 g/mol. The molecule has 1 amide bonds. The van der Waals surface area contributed by atoms with Gasteiger partial charge in [0.2, 0.25) is 0 Å². The summed E-state index contributed by atoms with van der Waals surface area (Å²) in [5, 5.41) is 6.18. The Bertz CT molecular complexity index is 731. The van der Waals surface area contributed by atoms with Crippen LogP contribution in [0.15, 0.2) is 53.6 Å². The quantitative estimate of drug-likeness (QED) is 0.776. The number of hydrazone groups is 1. The Morgan fingerprint density at radius 3 is 2.65 bits per heavy atom. The fraction of sp³-hybridized carbons (Fsp3) is 0.176. The van der Waals surface area contributed by atoms with Gasteiger partial charge < -0.3 is 0 Å². The fourth-order valence-electron chi connectivity index (χ4n) is 2.97. The van der Waals surface area contributed by atoms with E-state index in [4.69, 9.17) is 0 Å². The molecule has 98 valence electrons. The van der Waals surface area contributed by atoms with Crippen LogP contribution in [0.1, 0.15) is 39.5 Å². The van der Waals surface area contributed by atoms with E-state index < -0.39 is 0 Å². The van der Waals surface area contributed by atoms with Gasteiger partial charge in [-0.25, -0.2) is 5.01 Å². The highest BCUT2D eigenvalue weighted by molar-refractivity contribution is 6.07. The van der Waals surface area contributed by atoms with Crippen LogP contribution in [0, 0.1) is 6.92 Å². The fourth-order valence-corrected chi connectivity index (χ4v) is 2.97. The van der Waals surface area contributed by atoms with Crippen molar-refractivity contribution in [2.45, 2.75) is 19.4 Å². The van der Waals surface area contributed by atoms with Gasteiger partial charge >= 0.3 is 0 Å². The summed E-state index contributed by atoms with van der Waals surface area (Å²) in [6.07, 6.45) is 0.797. The van der Waals surface area contributed by atoms with Crippen molar-refractivity contribution in [3.8, 4) is 0 Å². The van der Waals surface area contributed by atoms with E-state index in [0.717, 1.165) is 28.8 Å². The van der Waals surface area contributed by atoms with Gasteiger partial charge in [-0.2, -0.15) is 5.10 Å². The van der Waals surface area contributed by atoms with Crippen LogP contribution in [-0.2, 0) is 0 Å². The summed E-state index contributed by atoms with van der Waals surface area (Å²) in [4.78, 5) is 12.3. The second kappa shape index (κ2) is 4.04. The van der Waals surface area contributed by atoms with Crippen molar-refractivity contribution in [2.75, 3.05) is 0 Å². The first-order chi connectivity index (χ1) is 9.74. The minimum Gasteiger partial charge on any atom is -0.267 e. The summed E-state index contributed by atoms with van der Waals surface area (Å²) in [5.74, 6) is 0.0210. The lowest BCUT2D eigenvalue weighted by Gasteiger charge is -2.10. The van der Waals surface area contributed by atoms with Gasteiger partial charge in [-0.05, 0) is 24.1 Å². The third-order valence-corrected chi connectivity index (χ3v) is 4.05. The van der Waals surface area contributed by atoms with Gasteiger partial charge in [0.15, 0.2) is 0 Å². The van der Waals surface area contributed by atoms with Crippen LogP contribution in [0.5, 0.6) is 0 Å². The maximum absolute atomic E-state index is 12.3. The molecular formula is C17H14N2O. The normalized spacial score (nSPS) is 19.9. The average molecular weight is 262 g/mol. The Labute approximate surface area is 117 Å². The van der Waals surface area contributed by atoms with Crippen molar-refractivity contribution < 1.29 is 4.79 Å². The molecule has 0 radical (unpaired) electrons. The number of fused-ring (bicyclic) bond motifs is 3. The molecule has 2 heterocycles. The number of nitrogens with zero attached hydrogens (tertiary/aromatic N) is 2. The number of rotatable bonds is 1. The molecule has 3 heteroatoms. The van der Waals surface area contributed by atoms with E-state index >= 15 is 0 Å². The van der Waals surface area contributed by atoms with Crippen molar-refractivity contribution in [2.24, 2.45) is 5.10 Å². The highest BCUT2D eigenvalue weighted by Gasteiger charge is 2.41. The lowest BCUT2D eigenvalue weighted by atomic mass is 9.98. The molecule has 2 aliphatic heterocycles. The van der Waals surface area contributed by atoms with E-state index in [9.17, 15) is 4.79 Å². The number of hydrogen-bond acceptors (Lipinski definition) is 2. The van der Waals surface area contributed by atoms with Crippen LogP contribution in [0.25, 0.3) is 0 Å². The predicted molar refractivity (Wildman–Crippen MR) is 77.7 cm³/mol. The van der Waals surface area contributed by atoms with Gasteiger partial charge in [0.25, 0.3) is 5.91 Å². The molecule has 0 aliphatic carbocycles. The molecule has 0 spiro atoms. The van der Waals surface area contributed by atoms with Crippen LogP contribution in [0.3, 0.4) is 0 Å². The van der Waals surface area contributed by atoms with E-state index in [1.807, 2.05) is 24.3 Å². The maximum atomic E-state index is 12.3. The summed E-state index contributed by atoms with van der Waals surface area (Å²) in [7, 11) is 0. The second-order valence-corrected chi connectivity index (χ2v) is 5.37. The van der Waals surface area contributed by atoms with E-state index in [-0.39, 0.29) is 11.9 Å². The molecule has 3 nitrogen and oxygen atoms in total. The summed E-state index contributed by atoms with van der Waals surface area (Å²) in [6, 6.07) is 16.2. The molecule has 2 aromatic carbocycles. The van der Waals surface area contributed by atoms with Gasteiger partial charge in [-0.1, -0.05) is 48.0 Å². The zero-order valence-electron chi connectivity index (χ0n) is 11.2. The Kier molecular flexibility index (Phi) is 2.30. The Morgan fingerprint density at radius 2 is 1.85 bits per heavy atom. The SMILES string of the molecule is Cc1ccc(C2=NN3C(=O)c4ccccc4[C@@H]3C2)cc1. The van der Waals surface area contributed by atoms with E-state index in [2.05, 4.69) is 36.3 Å². The molecular weight excluding hydrogens is 248 g/mol. The van der Waals surface area contributed by atoms with Crippen molar-refractivity contribution in [3.63, 3.8) is 0 Å². The molecule has 20 heavy (non-hydrogen) atoms. The van der Waals surface area contributed by atoms with Crippen molar-refractivity contribution in [1.82, 2.24) is 5.01 Å². The Balaban J connectivity index is 1.72. The van der Waals surface area contributed by atoms with Crippen molar-refractivity contribution in [3.05, 3.63) is 70.8 Å². The van der Waals surface area contributed by atoms with Crippen LogP contribution in [0.4, 0.5) is 0 Å². The van der Waals surface area contributed by atoms with Crippen LogP contribution >= 0.6 is 0 Å². The molecule has 2 aliphatic rings. The van der Waals surface area contributed by atoms with E-state index in [1.165, 1.54) is 5.56 Å². The van der Waals surface area contributed by atoms with Gasteiger partial charge in [0.1, 0.15) is 0 Å². The summed E-state index contributed by atoms with van der Waals surface area (Å²) in [5.41, 5.74) is 5.23. The topological polar surface area (TPSA) is 32.7 Å². The van der Waals surface area contributed by atoms with E-state index in [0.29, 0.717) is 0 Å². The smallest absolute Gasteiger partial charge is 0.267 e. The minimum atomic E-state index is 0.0210. The molecule has 0 saturated carbocycles. The molecule has 0 aromatic heterocycles. The molecule has 0 bridgehead atoms. The Hall–Kier alpha value is -2.42. The maximum Gasteiger partial charge on any atom is 0.274 e. The summed E-state index contributed by atoms with van der Waals surface area (Å²) >= 11 is 0. The predicted octanol–water partition coefficient (Wildman–Crippen LogP) is 3.30.